The summed E-state index contributed by atoms with van der Waals surface area (Å²) in [5.41, 5.74) is 17.2. The average Bonchev–Trinajstić information content (AvgIpc) is 3.51. The van der Waals surface area contributed by atoms with Gasteiger partial charge in [-0.2, -0.15) is 0 Å². The second-order valence-electron chi connectivity index (χ2n) is 16.0. The lowest BCUT2D eigenvalue weighted by Crippen LogP contribution is -2.14. The first-order valence-electron chi connectivity index (χ1n) is 19.9. The third-order valence-electron chi connectivity index (χ3n) is 12.3. The van der Waals surface area contributed by atoms with E-state index in [1.165, 1.54) is 99.1 Å². The Labute approximate surface area is 333 Å². The van der Waals surface area contributed by atoms with E-state index in [0.29, 0.717) is 0 Å². The Kier molecular flexibility index (Phi) is 7.59. The van der Waals surface area contributed by atoms with Crippen molar-refractivity contribution in [3.05, 3.63) is 211 Å². The Balaban J connectivity index is 0.915. The molecule has 0 bridgehead atoms. The predicted molar refractivity (Wildman–Crippen MR) is 241 cm³/mol. The summed E-state index contributed by atoms with van der Waals surface area (Å²) in [6, 6.07) is 71.1. The van der Waals surface area contributed by atoms with E-state index in [1.54, 1.807) is 0 Å². The molecule has 1 aromatic heterocycles. The summed E-state index contributed by atoms with van der Waals surface area (Å²) in [5.74, 6) is 0. The minimum absolute atomic E-state index is 0.00702. The van der Waals surface area contributed by atoms with Crippen LogP contribution >= 0.6 is 0 Å². The first kappa shape index (κ1) is 33.3. The topological polar surface area (TPSA) is 12.9 Å². The molecule has 0 radical (unpaired) electrons. The van der Waals surface area contributed by atoms with Gasteiger partial charge in [-0.25, -0.2) is 0 Å². The maximum atomic E-state index is 5.03. The van der Waals surface area contributed by atoms with Crippen LogP contribution in [0.5, 0.6) is 0 Å². The molecule has 1 heteroatoms. The number of hydrogen-bond acceptors (Lipinski definition) is 1. The van der Waals surface area contributed by atoms with Crippen molar-refractivity contribution in [1.82, 2.24) is 4.98 Å². The van der Waals surface area contributed by atoms with Crippen LogP contribution in [-0.4, -0.2) is 4.98 Å². The molecule has 0 saturated heterocycles. The lowest BCUT2D eigenvalue weighted by molar-refractivity contribution is 0.660. The molecular formula is C56H39N. The van der Waals surface area contributed by atoms with Gasteiger partial charge < -0.3 is 0 Å². The van der Waals surface area contributed by atoms with Gasteiger partial charge >= 0.3 is 0 Å². The fourth-order valence-electron chi connectivity index (χ4n) is 9.35. The Morgan fingerprint density at radius 3 is 1.25 bits per heavy atom. The molecule has 0 amide bonds. The number of aromatic nitrogens is 1. The number of benzene rings is 9. The van der Waals surface area contributed by atoms with Gasteiger partial charge in [-0.05, 0) is 130 Å². The van der Waals surface area contributed by atoms with E-state index in [4.69, 9.17) is 4.98 Å². The van der Waals surface area contributed by atoms with Crippen molar-refractivity contribution < 1.29 is 0 Å². The monoisotopic (exact) mass is 725 g/mol. The van der Waals surface area contributed by atoms with Crippen molar-refractivity contribution in [3.63, 3.8) is 0 Å². The zero-order valence-electron chi connectivity index (χ0n) is 32.0. The Morgan fingerprint density at radius 2 is 0.702 bits per heavy atom. The van der Waals surface area contributed by atoms with E-state index < -0.39 is 0 Å². The van der Waals surface area contributed by atoms with E-state index in [-0.39, 0.29) is 5.41 Å². The Hall–Kier alpha value is -7.09. The fourth-order valence-corrected chi connectivity index (χ4v) is 9.35. The lowest BCUT2D eigenvalue weighted by Gasteiger charge is -2.21. The van der Waals surface area contributed by atoms with Crippen molar-refractivity contribution in [2.75, 3.05) is 0 Å². The van der Waals surface area contributed by atoms with Crippen LogP contribution in [-0.2, 0) is 5.41 Å². The number of nitrogens with zero attached hydrogens (tertiary/aromatic N) is 1. The molecule has 0 spiro atoms. The van der Waals surface area contributed by atoms with Crippen LogP contribution in [0.2, 0.25) is 0 Å². The smallest absolute Gasteiger partial charge is 0.0708 e. The van der Waals surface area contributed by atoms with E-state index in [9.17, 15) is 0 Å². The Morgan fingerprint density at radius 1 is 0.298 bits per heavy atom. The highest BCUT2D eigenvalue weighted by Crippen LogP contribution is 2.49. The van der Waals surface area contributed by atoms with Gasteiger partial charge in [0.15, 0.2) is 0 Å². The fraction of sp³-hybridized carbons (Fsp3) is 0.0536. The Bertz CT molecular complexity index is 3180. The van der Waals surface area contributed by atoms with Gasteiger partial charge in [0.1, 0.15) is 0 Å². The predicted octanol–water partition coefficient (Wildman–Crippen LogP) is 15.2. The summed E-state index contributed by atoms with van der Waals surface area (Å²) in [5, 5.41) is 7.45. The molecule has 1 aliphatic rings. The molecule has 0 aliphatic heterocycles. The number of pyridine rings is 1. The van der Waals surface area contributed by atoms with E-state index in [0.717, 1.165) is 11.3 Å². The van der Waals surface area contributed by atoms with Gasteiger partial charge in [0.05, 0.1) is 5.69 Å². The summed E-state index contributed by atoms with van der Waals surface area (Å²) >= 11 is 0. The summed E-state index contributed by atoms with van der Waals surface area (Å²) in [6.07, 6.45) is 2.06. The van der Waals surface area contributed by atoms with Crippen molar-refractivity contribution in [2.45, 2.75) is 19.3 Å². The van der Waals surface area contributed by atoms with Crippen LogP contribution < -0.4 is 0 Å². The first-order chi connectivity index (χ1) is 28.0. The molecule has 11 rings (SSSR count). The summed E-state index contributed by atoms with van der Waals surface area (Å²) in [6.45, 7) is 4.67. The van der Waals surface area contributed by atoms with Crippen LogP contribution in [0.4, 0.5) is 0 Å². The zero-order valence-corrected chi connectivity index (χ0v) is 32.0. The minimum Gasteiger partial charge on any atom is -0.256 e. The second-order valence-corrected chi connectivity index (χ2v) is 16.0. The van der Waals surface area contributed by atoms with Crippen molar-refractivity contribution >= 4 is 32.3 Å². The summed E-state index contributed by atoms with van der Waals surface area (Å²) in [4.78, 5) is 5.03. The molecule has 0 saturated carbocycles. The highest BCUT2D eigenvalue weighted by atomic mass is 14.7. The normalized spacial score (nSPS) is 12.9. The lowest BCUT2D eigenvalue weighted by atomic mass is 9.82. The van der Waals surface area contributed by atoms with Gasteiger partial charge in [0, 0.05) is 22.6 Å². The number of hydrogen-bond donors (Lipinski definition) is 0. The number of rotatable bonds is 5. The molecule has 0 fully saturated rings. The van der Waals surface area contributed by atoms with Gasteiger partial charge in [0.2, 0.25) is 0 Å². The SMILES string of the molecule is CC1(C)c2ccccc2-c2cc(-c3cccc(-c4cccc(-c5cccc(-c6cccc(-c7cc8c9ccccc9c9ccccc9c8cn7)c6)c5)c4)c3)ccc21. The molecule has 9 aromatic carbocycles. The quantitative estimate of drug-likeness (QED) is 0.161. The maximum absolute atomic E-state index is 5.03. The van der Waals surface area contributed by atoms with Crippen LogP contribution in [0.15, 0.2) is 200 Å². The molecule has 1 heterocycles. The highest BCUT2D eigenvalue weighted by molar-refractivity contribution is 6.25. The highest BCUT2D eigenvalue weighted by Gasteiger charge is 2.35. The van der Waals surface area contributed by atoms with E-state index >= 15 is 0 Å². The minimum atomic E-state index is 0.00702. The molecule has 268 valence electrons. The molecule has 1 nitrogen and oxygen atoms in total. The van der Waals surface area contributed by atoms with Gasteiger partial charge in [-0.15, -0.1) is 0 Å². The molecular weight excluding hydrogens is 687 g/mol. The molecule has 0 unspecified atom stereocenters. The van der Waals surface area contributed by atoms with Crippen LogP contribution in [0, 0.1) is 0 Å². The molecule has 57 heavy (non-hydrogen) atoms. The molecule has 0 atom stereocenters. The third kappa shape index (κ3) is 5.50. The van der Waals surface area contributed by atoms with E-state index in [2.05, 4.69) is 214 Å². The van der Waals surface area contributed by atoms with Crippen LogP contribution in [0.1, 0.15) is 25.0 Å². The first-order valence-corrected chi connectivity index (χ1v) is 19.9. The van der Waals surface area contributed by atoms with Gasteiger partial charge in [0.25, 0.3) is 0 Å². The zero-order chi connectivity index (χ0) is 38.1. The number of fused-ring (bicyclic) bond motifs is 9. The van der Waals surface area contributed by atoms with Crippen LogP contribution in [0.3, 0.4) is 0 Å². The third-order valence-corrected chi connectivity index (χ3v) is 12.3. The summed E-state index contributed by atoms with van der Waals surface area (Å²) in [7, 11) is 0. The average molecular weight is 726 g/mol. The van der Waals surface area contributed by atoms with Gasteiger partial charge in [-0.1, -0.05) is 172 Å². The van der Waals surface area contributed by atoms with Crippen LogP contribution in [0.25, 0.3) is 99.2 Å². The summed E-state index contributed by atoms with van der Waals surface area (Å²) < 4.78 is 0. The van der Waals surface area contributed by atoms with Crippen molar-refractivity contribution in [1.29, 1.82) is 0 Å². The largest absolute Gasteiger partial charge is 0.256 e. The second kappa shape index (κ2) is 13.0. The molecule has 0 N–H and O–H groups in total. The van der Waals surface area contributed by atoms with Gasteiger partial charge in [-0.3, -0.25) is 4.98 Å². The van der Waals surface area contributed by atoms with Crippen molar-refractivity contribution in [3.8, 4) is 66.9 Å². The van der Waals surface area contributed by atoms with E-state index in [1.807, 2.05) is 0 Å². The molecule has 10 aromatic rings. The molecule has 1 aliphatic carbocycles. The maximum Gasteiger partial charge on any atom is 0.0708 e. The van der Waals surface area contributed by atoms with Crippen molar-refractivity contribution in [2.24, 2.45) is 0 Å². The standard InChI is InChI=1S/C56H39N/c1-56(2)53-26-8-7-25-49(53)51-33-43(27-28-54(51)56)41-18-11-16-39(31-41)37-14-9-13-36(29-37)38-15-10-17-40(30-38)42-19-12-20-44(32-42)55-34-50-47-23-5-3-21-45(47)46-22-4-6-24-48(46)52(50)35-57-55/h3-35H,1-2H3.